The minimum atomic E-state index is -0.234. The van der Waals surface area contributed by atoms with Gasteiger partial charge >= 0.3 is 0 Å². The zero-order valence-corrected chi connectivity index (χ0v) is 14.6. The molecule has 0 aliphatic heterocycles. The monoisotopic (exact) mass is 359 g/mol. The molecule has 0 fully saturated rings. The Bertz CT molecular complexity index is 621. The lowest BCUT2D eigenvalue weighted by atomic mass is 10.1. The number of benzene rings is 2. The lowest BCUT2D eigenvalue weighted by Crippen LogP contribution is -2.14. The van der Waals surface area contributed by atoms with Crippen molar-refractivity contribution in [3.8, 4) is 11.5 Å². The van der Waals surface area contributed by atoms with Crippen molar-refractivity contribution in [1.29, 1.82) is 0 Å². The van der Waals surface area contributed by atoms with Crippen LogP contribution in [-0.4, -0.2) is 13.7 Å². The molecule has 6 heteroatoms. The van der Waals surface area contributed by atoms with Crippen LogP contribution in [0.4, 0.5) is 4.39 Å². The normalized spacial score (nSPS) is 10.1. The molecule has 0 saturated heterocycles. The Hall–Kier alpha value is -1.49. The van der Waals surface area contributed by atoms with Gasteiger partial charge in [0.05, 0.1) is 13.7 Å². The summed E-state index contributed by atoms with van der Waals surface area (Å²) in [5.74, 6) is 1.08. The van der Waals surface area contributed by atoms with Crippen LogP contribution >= 0.6 is 24.0 Å². The lowest BCUT2D eigenvalue weighted by molar-refractivity contribution is 0.307. The Morgan fingerprint density at radius 2 is 1.83 bits per heavy atom. The molecule has 2 rings (SSSR count). The van der Waals surface area contributed by atoms with Crippen LogP contribution in [0.3, 0.4) is 0 Å². The third kappa shape index (κ3) is 5.57. The van der Waals surface area contributed by atoms with Crippen LogP contribution in [0.2, 0.25) is 5.02 Å². The van der Waals surface area contributed by atoms with Crippen molar-refractivity contribution in [3.05, 3.63) is 58.4 Å². The fraction of sp³-hybridized carbons (Fsp3) is 0.294. The van der Waals surface area contributed by atoms with Crippen molar-refractivity contribution >= 4 is 24.0 Å². The maximum absolute atomic E-state index is 12.9. The van der Waals surface area contributed by atoms with E-state index >= 15 is 0 Å². The molecule has 0 heterocycles. The average molecular weight is 360 g/mol. The second-order valence-electron chi connectivity index (χ2n) is 4.76. The van der Waals surface area contributed by atoms with Crippen molar-refractivity contribution in [2.45, 2.75) is 20.0 Å². The molecule has 0 unspecified atom stereocenters. The minimum absolute atomic E-state index is 0. The van der Waals surface area contributed by atoms with Gasteiger partial charge in [-0.2, -0.15) is 0 Å². The highest BCUT2D eigenvalue weighted by molar-refractivity contribution is 6.30. The van der Waals surface area contributed by atoms with Gasteiger partial charge in [-0.1, -0.05) is 23.7 Å². The number of hydrogen-bond acceptors (Lipinski definition) is 3. The van der Waals surface area contributed by atoms with E-state index < -0.39 is 0 Å². The Morgan fingerprint density at radius 1 is 1.13 bits per heavy atom. The Balaban J connectivity index is 0.00000264. The van der Waals surface area contributed by atoms with Gasteiger partial charge in [-0.15, -0.1) is 12.4 Å². The van der Waals surface area contributed by atoms with E-state index in [1.54, 1.807) is 25.3 Å². The summed E-state index contributed by atoms with van der Waals surface area (Å²) in [6.45, 7) is 3.66. The number of ether oxygens (including phenoxy) is 2. The Labute approximate surface area is 147 Å². The zero-order valence-electron chi connectivity index (χ0n) is 13.1. The number of hydrogen-bond donors (Lipinski definition) is 1. The smallest absolute Gasteiger partial charge is 0.165 e. The van der Waals surface area contributed by atoms with Gasteiger partial charge in [-0.25, -0.2) is 4.39 Å². The first-order valence-electron chi connectivity index (χ1n) is 7.08. The van der Waals surface area contributed by atoms with E-state index in [9.17, 15) is 4.39 Å². The van der Waals surface area contributed by atoms with Crippen LogP contribution < -0.4 is 14.8 Å². The van der Waals surface area contributed by atoms with Gasteiger partial charge < -0.3 is 14.8 Å². The maximum atomic E-state index is 12.9. The summed E-state index contributed by atoms with van der Waals surface area (Å²) in [5, 5.41) is 3.89. The van der Waals surface area contributed by atoms with Crippen molar-refractivity contribution in [3.63, 3.8) is 0 Å². The Morgan fingerprint density at radius 3 is 2.43 bits per heavy atom. The molecule has 0 amide bonds. The molecule has 126 valence electrons. The largest absolute Gasteiger partial charge is 0.493 e. The second kappa shape index (κ2) is 9.60. The van der Waals surface area contributed by atoms with Crippen LogP contribution in [-0.2, 0) is 13.1 Å². The van der Waals surface area contributed by atoms with Crippen LogP contribution in [0.1, 0.15) is 18.1 Å². The van der Waals surface area contributed by atoms with E-state index in [1.165, 1.54) is 12.1 Å². The molecule has 0 atom stereocenters. The molecule has 23 heavy (non-hydrogen) atoms. The molecule has 0 bridgehead atoms. The maximum Gasteiger partial charge on any atom is 0.165 e. The fourth-order valence-corrected chi connectivity index (χ4v) is 2.39. The standard InChI is InChI=1S/C17H19ClFNO2.ClH/c1-3-22-17-13(8-14(18)9-16(17)21-2)11-20-10-12-4-6-15(19)7-5-12;/h4-9,20H,3,10-11H2,1-2H3;1H. The summed E-state index contributed by atoms with van der Waals surface area (Å²) >= 11 is 6.11. The summed E-state index contributed by atoms with van der Waals surface area (Å²) in [5.41, 5.74) is 1.93. The van der Waals surface area contributed by atoms with Gasteiger partial charge in [-0.3, -0.25) is 0 Å². The van der Waals surface area contributed by atoms with Crippen molar-refractivity contribution in [2.75, 3.05) is 13.7 Å². The van der Waals surface area contributed by atoms with Crippen molar-refractivity contribution in [2.24, 2.45) is 0 Å². The van der Waals surface area contributed by atoms with Gasteiger partial charge in [0, 0.05) is 29.7 Å². The predicted octanol–water partition coefficient (Wildman–Crippen LogP) is 4.60. The molecule has 2 aromatic rings. The Kier molecular flexibility index (Phi) is 8.17. The fourth-order valence-electron chi connectivity index (χ4n) is 2.16. The number of rotatable bonds is 7. The molecule has 0 aliphatic carbocycles. The van der Waals surface area contributed by atoms with Crippen LogP contribution in [0.5, 0.6) is 11.5 Å². The number of halogens is 3. The van der Waals surface area contributed by atoms with E-state index in [4.69, 9.17) is 21.1 Å². The van der Waals surface area contributed by atoms with Gasteiger partial charge in [0.1, 0.15) is 5.82 Å². The van der Waals surface area contributed by atoms with Crippen LogP contribution in [0.15, 0.2) is 36.4 Å². The van der Waals surface area contributed by atoms with E-state index in [0.29, 0.717) is 36.2 Å². The van der Waals surface area contributed by atoms with E-state index in [0.717, 1.165) is 11.1 Å². The summed E-state index contributed by atoms with van der Waals surface area (Å²) in [7, 11) is 1.59. The van der Waals surface area contributed by atoms with Crippen LogP contribution in [0, 0.1) is 5.82 Å². The summed E-state index contributed by atoms with van der Waals surface area (Å²) in [6.07, 6.45) is 0. The van der Waals surface area contributed by atoms with Gasteiger partial charge in [0.15, 0.2) is 11.5 Å². The molecule has 0 aliphatic rings. The number of methoxy groups -OCH3 is 1. The summed E-state index contributed by atoms with van der Waals surface area (Å²) < 4.78 is 23.9. The second-order valence-corrected chi connectivity index (χ2v) is 5.20. The lowest BCUT2D eigenvalue weighted by Gasteiger charge is -2.15. The quantitative estimate of drug-likeness (QED) is 0.783. The molecule has 0 aromatic heterocycles. The molecule has 0 saturated carbocycles. The molecule has 2 aromatic carbocycles. The summed E-state index contributed by atoms with van der Waals surface area (Å²) in [6, 6.07) is 9.99. The third-order valence-electron chi connectivity index (χ3n) is 3.16. The first-order chi connectivity index (χ1) is 10.6. The van der Waals surface area contributed by atoms with Gasteiger partial charge in [0.2, 0.25) is 0 Å². The van der Waals surface area contributed by atoms with Crippen molar-refractivity contribution in [1.82, 2.24) is 5.32 Å². The molecule has 1 N–H and O–H groups in total. The minimum Gasteiger partial charge on any atom is -0.493 e. The molecule has 0 radical (unpaired) electrons. The molecular weight excluding hydrogens is 340 g/mol. The first kappa shape index (κ1) is 19.6. The first-order valence-corrected chi connectivity index (χ1v) is 7.46. The molecule has 3 nitrogen and oxygen atoms in total. The highest BCUT2D eigenvalue weighted by atomic mass is 35.5. The average Bonchev–Trinajstić information content (AvgIpc) is 2.51. The van der Waals surface area contributed by atoms with Crippen LogP contribution in [0.25, 0.3) is 0 Å². The van der Waals surface area contributed by atoms with E-state index in [2.05, 4.69) is 5.32 Å². The SMILES string of the molecule is CCOc1c(CNCc2ccc(F)cc2)cc(Cl)cc1OC.Cl. The van der Waals surface area contributed by atoms with E-state index in [-0.39, 0.29) is 18.2 Å². The highest BCUT2D eigenvalue weighted by Gasteiger charge is 2.12. The predicted molar refractivity (Wildman–Crippen MR) is 93.4 cm³/mol. The highest BCUT2D eigenvalue weighted by Crippen LogP contribution is 2.34. The third-order valence-corrected chi connectivity index (χ3v) is 3.38. The van der Waals surface area contributed by atoms with Crippen molar-refractivity contribution < 1.29 is 13.9 Å². The van der Waals surface area contributed by atoms with E-state index in [1.807, 2.05) is 13.0 Å². The molecule has 0 spiro atoms. The molecular formula is C17H20Cl2FNO2. The summed E-state index contributed by atoms with van der Waals surface area (Å²) in [4.78, 5) is 0. The number of nitrogens with one attached hydrogen (secondary N) is 1. The van der Waals surface area contributed by atoms with Gasteiger partial charge in [0.25, 0.3) is 0 Å². The van der Waals surface area contributed by atoms with Gasteiger partial charge in [-0.05, 0) is 30.7 Å². The topological polar surface area (TPSA) is 30.5 Å². The zero-order chi connectivity index (χ0) is 15.9.